The van der Waals surface area contributed by atoms with Gasteiger partial charge in [0.25, 0.3) is 0 Å². The van der Waals surface area contributed by atoms with Crippen molar-refractivity contribution in [3.05, 3.63) is 65.0 Å². The molecule has 2 nitrogen and oxygen atoms in total. The highest BCUT2D eigenvalue weighted by Crippen LogP contribution is 2.34. The molecule has 0 bridgehead atoms. The molecule has 2 aromatic rings. The van der Waals surface area contributed by atoms with Crippen molar-refractivity contribution in [3.8, 4) is 5.75 Å². The molecule has 0 saturated heterocycles. The molecular formula is C18H21FO2. The van der Waals surface area contributed by atoms with E-state index in [2.05, 4.69) is 6.92 Å². The van der Waals surface area contributed by atoms with Gasteiger partial charge in [0.2, 0.25) is 0 Å². The van der Waals surface area contributed by atoms with Crippen LogP contribution in [0.5, 0.6) is 5.75 Å². The average Bonchev–Trinajstić information content (AvgIpc) is 2.47. The number of rotatable bonds is 5. The molecule has 0 aliphatic heterocycles. The molecule has 21 heavy (non-hydrogen) atoms. The summed E-state index contributed by atoms with van der Waals surface area (Å²) in [6, 6.07) is 12.6. The van der Waals surface area contributed by atoms with Gasteiger partial charge in [0.05, 0.1) is 18.3 Å². The smallest absolute Gasteiger partial charge is 0.133 e. The van der Waals surface area contributed by atoms with Gasteiger partial charge in [-0.15, -0.1) is 0 Å². The van der Waals surface area contributed by atoms with Gasteiger partial charge in [-0.25, -0.2) is 4.39 Å². The van der Waals surface area contributed by atoms with Crippen LogP contribution in [0.25, 0.3) is 0 Å². The summed E-state index contributed by atoms with van der Waals surface area (Å²) < 4.78 is 19.3. The molecule has 0 radical (unpaired) electrons. The summed E-state index contributed by atoms with van der Waals surface area (Å²) in [6.07, 6.45) is 1.30. The minimum atomic E-state index is -1.33. The van der Waals surface area contributed by atoms with Gasteiger partial charge in [-0.1, -0.05) is 37.3 Å². The van der Waals surface area contributed by atoms with E-state index in [9.17, 15) is 9.50 Å². The summed E-state index contributed by atoms with van der Waals surface area (Å²) in [6.45, 7) is 3.71. The molecule has 1 unspecified atom stereocenters. The number of benzene rings is 2. The molecule has 2 aromatic carbocycles. The van der Waals surface area contributed by atoms with Crippen molar-refractivity contribution < 1.29 is 14.2 Å². The summed E-state index contributed by atoms with van der Waals surface area (Å²) >= 11 is 0. The first-order valence-corrected chi connectivity index (χ1v) is 7.11. The molecule has 0 aromatic heterocycles. The van der Waals surface area contributed by atoms with Crippen LogP contribution in [0.15, 0.2) is 42.5 Å². The third-order valence-electron chi connectivity index (χ3n) is 3.71. The summed E-state index contributed by atoms with van der Waals surface area (Å²) in [5.41, 5.74) is 1.07. The minimum Gasteiger partial charge on any atom is -0.496 e. The van der Waals surface area contributed by atoms with Gasteiger partial charge in [-0.3, -0.25) is 0 Å². The van der Waals surface area contributed by atoms with Crippen molar-refractivity contribution in [1.29, 1.82) is 0 Å². The maximum absolute atomic E-state index is 14.1. The fraction of sp³-hybridized carbons (Fsp3) is 0.333. The van der Waals surface area contributed by atoms with E-state index in [1.54, 1.807) is 19.1 Å². The zero-order valence-corrected chi connectivity index (χ0v) is 12.7. The monoisotopic (exact) mass is 288 g/mol. The zero-order chi connectivity index (χ0) is 15.5. The number of ether oxygens (including phenoxy) is 1. The summed E-state index contributed by atoms with van der Waals surface area (Å²) in [7, 11) is 1.48. The highest BCUT2D eigenvalue weighted by atomic mass is 19.1. The van der Waals surface area contributed by atoms with Crippen LogP contribution in [-0.4, -0.2) is 12.2 Å². The van der Waals surface area contributed by atoms with Crippen LogP contribution in [0.1, 0.15) is 30.5 Å². The van der Waals surface area contributed by atoms with E-state index >= 15 is 0 Å². The maximum Gasteiger partial charge on any atom is 0.133 e. The minimum absolute atomic E-state index is 0.201. The lowest BCUT2D eigenvalue weighted by molar-refractivity contribution is 0.0510. The fourth-order valence-electron chi connectivity index (χ4n) is 2.58. The van der Waals surface area contributed by atoms with Gasteiger partial charge in [0.1, 0.15) is 11.6 Å². The number of halogens is 1. The Morgan fingerprint density at radius 1 is 1.10 bits per heavy atom. The Kier molecular flexibility index (Phi) is 4.63. The predicted octanol–water partition coefficient (Wildman–Crippen LogP) is 3.85. The molecule has 2 rings (SSSR count). The number of aryl methyl sites for hydroxylation is 1. The van der Waals surface area contributed by atoms with Crippen molar-refractivity contribution in [2.75, 3.05) is 7.11 Å². The fourth-order valence-corrected chi connectivity index (χ4v) is 2.58. The Labute approximate surface area is 125 Å². The first-order chi connectivity index (χ1) is 9.97. The second-order valence-electron chi connectivity index (χ2n) is 5.44. The van der Waals surface area contributed by atoms with Gasteiger partial charge >= 0.3 is 0 Å². The largest absolute Gasteiger partial charge is 0.496 e. The van der Waals surface area contributed by atoms with Crippen LogP contribution >= 0.6 is 0 Å². The normalized spacial score (nSPS) is 13.8. The molecule has 1 atom stereocenters. The Bertz CT molecular complexity index is 603. The van der Waals surface area contributed by atoms with E-state index in [4.69, 9.17) is 4.74 Å². The SMILES string of the molecule is CCc1ccc(CC(C)(O)c2c(F)cccc2OC)cc1. The summed E-state index contributed by atoms with van der Waals surface area (Å²) in [5, 5.41) is 10.7. The van der Waals surface area contributed by atoms with Crippen LogP contribution in [0.2, 0.25) is 0 Å². The van der Waals surface area contributed by atoms with Crippen molar-refractivity contribution >= 4 is 0 Å². The molecule has 0 aliphatic carbocycles. The first kappa shape index (κ1) is 15.5. The zero-order valence-electron chi connectivity index (χ0n) is 12.7. The third-order valence-corrected chi connectivity index (χ3v) is 3.71. The number of hydrogen-bond donors (Lipinski definition) is 1. The molecule has 1 N–H and O–H groups in total. The second kappa shape index (κ2) is 6.27. The van der Waals surface area contributed by atoms with Crippen LogP contribution in [0.4, 0.5) is 4.39 Å². The van der Waals surface area contributed by atoms with Crippen LogP contribution in [-0.2, 0) is 18.4 Å². The standard InChI is InChI=1S/C18H21FO2/c1-4-13-8-10-14(11-9-13)12-18(2,20)17-15(19)6-5-7-16(17)21-3/h5-11,20H,4,12H2,1-3H3. The second-order valence-corrected chi connectivity index (χ2v) is 5.44. The molecule has 0 heterocycles. The van der Waals surface area contributed by atoms with E-state index in [-0.39, 0.29) is 5.56 Å². The summed E-state index contributed by atoms with van der Waals surface area (Å²) in [4.78, 5) is 0. The Balaban J connectivity index is 2.33. The van der Waals surface area contributed by atoms with E-state index in [0.717, 1.165) is 12.0 Å². The van der Waals surface area contributed by atoms with E-state index in [0.29, 0.717) is 12.2 Å². The van der Waals surface area contributed by atoms with E-state index in [1.807, 2.05) is 24.3 Å². The van der Waals surface area contributed by atoms with Crippen molar-refractivity contribution in [2.24, 2.45) is 0 Å². The maximum atomic E-state index is 14.1. The molecule has 0 saturated carbocycles. The molecule has 3 heteroatoms. The quantitative estimate of drug-likeness (QED) is 0.905. The molecular weight excluding hydrogens is 267 g/mol. The van der Waals surface area contributed by atoms with Gasteiger partial charge in [-0.2, -0.15) is 0 Å². The van der Waals surface area contributed by atoms with Crippen molar-refractivity contribution in [3.63, 3.8) is 0 Å². The lowest BCUT2D eigenvalue weighted by Crippen LogP contribution is -2.26. The van der Waals surface area contributed by atoms with Crippen LogP contribution in [0.3, 0.4) is 0 Å². The average molecular weight is 288 g/mol. The highest BCUT2D eigenvalue weighted by molar-refractivity contribution is 5.40. The Morgan fingerprint density at radius 3 is 2.29 bits per heavy atom. The van der Waals surface area contributed by atoms with Gasteiger partial charge in [0, 0.05) is 6.42 Å². The van der Waals surface area contributed by atoms with Gasteiger partial charge < -0.3 is 9.84 Å². The van der Waals surface area contributed by atoms with Gasteiger partial charge in [-0.05, 0) is 36.6 Å². The molecule has 0 amide bonds. The van der Waals surface area contributed by atoms with E-state index < -0.39 is 11.4 Å². The van der Waals surface area contributed by atoms with Crippen molar-refractivity contribution in [2.45, 2.75) is 32.3 Å². The molecule has 0 fully saturated rings. The number of methoxy groups -OCH3 is 1. The molecule has 0 spiro atoms. The van der Waals surface area contributed by atoms with E-state index in [1.165, 1.54) is 18.7 Å². The predicted molar refractivity (Wildman–Crippen MR) is 82.0 cm³/mol. The first-order valence-electron chi connectivity index (χ1n) is 7.11. The number of aliphatic hydroxyl groups is 1. The van der Waals surface area contributed by atoms with Crippen LogP contribution in [0, 0.1) is 5.82 Å². The van der Waals surface area contributed by atoms with Gasteiger partial charge in [0.15, 0.2) is 0 Å². The lowest BCUT2D eigenvalue weighted by Gasteiger charge is -2.26. The highest BCUT2D eigenvalue weighted by Gasteiger charge is 2.30. The third kappa shape index (κ3) is 3.42. The van der Waals surface area contributed by atoms with Crippen LogP contribution < -0.4 is 4.74 Å². The Morgan fingerprint density at radius 2 is 1.71 bits per heavy atom. The Hall–Kier alpha value is -1.87. The molecule has 112 valence electrons. The lowest BCUT2D eigenvalue weighted by atomic mass is 9.87. The topological polar surface area (TPSA) is 29.5 Å². The number of hydrogen-bond acceptors (Lipinski definition) is 2. The summed E-state index contributed by atoms with van der Waals surface area (Å²) in [5.74, 6) is -0.0882. The van der Waals surface area contributed by atoms with Crippen molar-refractivity contribution in [1.82, 2.24) is 0 Å². The molecule has 0 aliphatic rings.